The van der Waals surface area contributed by atoms with Gasteiger partial charge in [-0.25, -0.2) is 4.79 Å². The number of nitrogens with two attached hydrogens (primary N) is 5. The van der Waals surface area contributed by atoms with Crippen molar-refractivity contribution in [3.8, 4) is 0 Å². The average Bonchev–Trinajstić information content (AvgIpc) is 3.16. The molecule has 0 unspecified atom stereocenters. The van der Waals surface area contributed by atoms with Gasteiger partial charge in [-0.2, -0.15) is 0 Å². The molecule has 0 saturated heterocycles. The van der Waals surface area contributed by atoms with Crippen LogP contribution in [0, 0.1) is 0 Å². The van der Waals surface area contributed by atoms with Crippen LogP contribution in [0.3, 0.4) is 0 Å². The van der Waals surface area contributed by atoms with Gasteiger partial charge in [0.2, 0.25) is 35.4 Å². The lowest BCUT2D eigenvalue weighted by atomic mass is 10.0. The van der Waals surface area contributed by atoms with E-state index in [1.807, 2.05) is 0 Å². The molecular weight excluding hydrogens is 730 g/mol. The van der Waals surface area contributed by atoms with Gasteiger partial charge in [0.25, 0.3) is 0 Å². The van der Waals surface area contributed by atoms with E-state index in [0.717, 1.165) is 0 Å². The molecule has 0 bridgehead atoms. The first-order valence-corrected chi connectivity index (χ1v) is 19.5. The summed E-state index contributed by atoms with van der Waals surface area (Å²) in [4.78, 5) is 91.3. The number of aliphatic carboxylic acids is 1. The van der Waals surface area contributed by atoms with Crippen molar-refractivity contribution < 1.29 is 43.4 Å². The summed E-state index contributed by atoms with van der Waals surface area (Å²) in [6.45, 7) is 4.86. The highest BCUT2D eigenvalue weighted by Gasteiger charge is 2.33. The minimum absolute atomic E-state index is 0.125. The van der Waals surface area contributed by atoms with Gasteiger partial charge in [0.15, 0.2) is 0 Å². The number of unbranched alkanes of at least 4 members (excludes halogenated alkanes) is 4. The van der Waals surface area contributed by atoms with Crippen molar-refractivity contribution in [1.29, 1.82) is 0 Å². The fourth-order valence-electron chi connectivity index (χ4n) is 5.51. The highest BCUT2D eigenvalue weighted by Crippen LogP contribution is 2.12. The van der Waals surface area contributed by atoms with E-state index >= 15 is 0 Å². The summed E-state index contributed by atoms with van der Waals surface area (Å²) >= 11 is 0. The number of ether oxygens (including phenoxy) is 1. The molecule has 322 valence electrons. The largest absolute Gasteiger partial charge is 0.480 e. The standard InChI is InChI=1S/C36H69N11O9/c1-24(12-11-21-41)31(47-29(48)22-42-30(49)23-56-2)35(53)45-27(15-5-9-19-39)33(51)43-25(13-3-7-17-37)32(50)44-26(14-4-8-18-38)34(52)46-28(36(54)55)16-6-10-20-40/h25-28,31H,1,3-23,37-41H2,2H3,(H,42,49)(H,43,51)(H,44,50)(H,45,53)(H,46,52)(H,47,48)(H,54,55)/t25-,26-,27-,28-,31-/m0/s1. The summed E-state index contributed by atoms with van der Waals surface area (Å²) in [5, 5.41) is 25.3. The maximum atomic E-state index is 13.9. The number of hydrogen-bond donors (Lipinski definition) is 12. The first kappa shape index (κ1) is 51.8. The number of carbonyl (C=O) groups is 7. The fourth-order valence-corrected chi connectivity index (χ4v) is 5.51. The summed E-state index contributed by atoms with van der Waals surface area (Å²) in [6, 6.07) is -5.98. The normalized spacial score (nSPS) is 13.6. The Hall–Kier alpha value is -4.21. The second kappa shape index (κ2) is 31.9. The maximum Gasteiger partial charge on any atom is 0.326 e. The SMILES string of the molecule is C=C(CCCN)[C@H](NC(=O)CNC(=O)COC)C(=O)N[C@@H](CCCCN)C(=O)N[C@@H](CCCCN)C(=O)N[C@@H](CCCCN)C(=O)N[C@@H](CCCCN)C(=O)O. The Morgan fingerprint density at radius 1 is 0.536 bits per heavy atom. The van der Waals surface area contributed by atoms with Gasteiger partial charge in [-0.3, -0.25) is 28.8 Å². The summed E-state index contributed by atoms with van der Waals surface area (Å²) in [6.07, 6.45) is 5.24. The number of rotatable bonds is 34. The minimum atomic E-state index is -1.29. The van der Waals surface area contributed by atoms with E-state index in [1.54, 1.807) is 0 Å². The van der Waals surface area contributed by atoms with Crippen LogP contribution in [0.5, 0.6) is 0 Å². The molecule has 0 fully saturated rings. The van der Waals surface area contributed by atoms with E-state index in [1.165, 1.54) is 7.11 Å². The lowest BCUT2D eigenvalue weighted by Crippen LogP contribution is -2.59. The van der Waals surface area contributed by atoms with Crippen LogP contribution >= 0.6 is 0 Å². The Balaban J connectivity index is 6.31. The van der Waals surface area contributed by atoms with Crippen LogP contribution in [0.15, 0.2) is 12.2 Å². The topological polar surface area (TPSA) is 351 Å². The molecule has 0 aromatic carbocycles. The third-order valence-corrected chi connectivity index (χ3v) is 8.70. The first-order chi connectivity index (χ1) is 26.8. The zero-order chi connectivity index (χ0) is 42.3. The van der Waals surface area contributed by atoms with Crippen LogP contribution in [0.1, 0.15) is 89.9 Å². The van der Waals surface area contributed by atoms with E-state index in [0.29, 0.717) is 89.5 Å². The highest BCUT2D eigenvalue weighted by atomic mass is 16.5. The Morgan fingerprint density at radius 2 is 0.911 bits per heavy atom. The molecule has 0 aromatic heterocycles. The number of carboxylic acid groups (broad SMARTS) is 1. The Kier molecular flexibility index (Phi) is 29.5. The molecule has 0 aliphatic heterocycles. The van der Waals surface area contributed by atoms with Gasteiger partial charge in [-0.1, -0.05) is 6.58 Å². The van der Waals surface area contributed by atoms with E-state index in [9.17, 15) is 38.7 Å². The molecule has 0 aliphatic rings. The van der Waals surface area contributed by atoms with E-state index in [-0.39, 0.29) is 45.3 Å². The van der Waals surface area contributed by atoms with E-state index in [2.05, 4.69) is 38.5 Å². The van der Waals surface area contributed by atoms with Crippen molar-refractivity contribution in [2.75, 3.05) is 53.0 Å². The van der Waals surface area contributed by atoms with Gasteiger partial charge >= 0.3 is 5.97 Å². The molecule has 0 spiro atoms. The molecule has 17 N–H and O–H groups in total. The molecular formula is C36H69N11O9. The molecule has 56 heavy (non-hydrogen) atoms. The number of hydrogen-bond acceptors (Lipinski definition) is 13. The second-order valence-electron chi connectivity index (χ2n) is 13.5. The van der Waals surface area contributed by atoms with Crippen LogP contribution in [-0.4, -0.2) is 130 Å². The number of amides is 6. The van der Waals surface area contributed by atoms with Gasteiger partial charge in [0.1, 0.15) is 36.8 Å². The quantitative estimate of drug-likeness (QED) is 0.0229. The molecule has 5 atom stereocenters. The molecule has 20 nitrogen and oxygen atoms in total. The Morgan fingerprint density at radius 3 is 1.29 bits per heavy atom. The summed E-state index contributed by atoms with van der Waals surface area (Å²) in [7, 11) is 1.32. The van der Waals surface area contributed by atoms with Crippen molar-refractivity contribution >= 4 is 41.4 Å². The molecule has 0 rings (SSSR count). The Labute approximate surface area is 330 Å². The Bertz CT molecular complexity index is 1220. The van der Waals surface area contributed by atoms with Crippen LogP contribution in [-0.2, 0) is 38.3 Å². The second-order valence-corrected chi connectivity index (χ2v) is 13.5. The van der Waals surface area contributed by atoms with Gasteiger partial charge in [0.05, 0.1) is 6.54 Å². The van der Waals surface area contributed by atoms with Gasteiger partial charge < -0.3 is 70.4 Å². The molecule has 0 aromatic rings. The first-order valence-electron chi connectivity index (χ1n) is 19.5. The van der Waals surface area contributed by atoms with Crippen molar-refractivity contribution in [3.63, 3.8) is 0 Å². The van der Waals surface area contributed by atoms with E-state index in [4.69, 9.17) is 33.4 Å². The predicted molar refractivity (Wildman–Crippen MR) is 211 cm³/mol. The maximum absolute atomic E-state index is 13.9. The fraction of sp³-hybridized carbons (Fsp3) is 0.750. The molecule has 6 amide bonds. The predicted octanol–water partition coefficient (Wildman–Crippen LogP) is -2.93. The summed E-state index contributed by atoms with van der Waals surface area (Å²) in [5.41, 5.74) is 28.5. The zero-order valence-electron chi connectivity index (χ0n) is 33.0. The van der Waals surface area contributed by atoms with Crippen LogP contribution in [0.2, 0.25) is 0 Å². The third-order valence-electron chi connectivity index (χ3n) is 8.70. The molecule has 0 saturated carbocycles. The highest BCUT2D eigenvalue weighted by molar-refractivity contribution is 5.97. The number of carbonyl (C=O) groups excluding carboxylic acids is 6. The monoisotopic (exact) mass is 800 g/mol. The molecule has 0 heterocycles. The van der Waals surface area contributed by atoms with Crippen LogP contribution < -0.4 is 60.6 Å². The van der Waals surface area contributed by atoms with Crippen molar-refractivity contribution in [1.82, 2.24) is 31.9 Å². The smallest absolute Gasteiger partial charge is 0.326 e. The number of methoxy groups -OCH3 is 1. The number of nitrogens with one attached hydrogen (secondary N) is 6. The van der Waals surface area contributed by atoms with Crippen molar-refractivity contribution in [3.05, 3.63) is 12.2 Å². The lowest BCUT2D eigenvalue weighted by Gasteiger charge is -2.27. The molecule has 20 heteroatoms. The third kappa shape index (κ3) is 23.0. The van der Waals surface area contributed by atoms with Crippen molar-refractivity contribution in [2.24, 2.45) is 28.7 Å². The lowest BCUT2D eigenvalue weighted by molar-refractivity contribution is -0.142. The average molecular weight is 800 g/mol. The molecule has 0 radical (unpaired) electrons. The zero-order valence-corrected chi connectivity index (χ0v) is 33.0. The van der Waals surface area contributed by atoms with Crippen LogP contribution in [0.4, 0.5) is 0 Å². The van der Waals surface area contributed by atoms with Crippen LogP contribution in [0.25, 0.3) is 0 Å². The van der Waals surface area contributed by atoms with Gasteiger partial charge in [-0.05, 0) is 128 Å². The minimum Gasteiger partial charge on any atom is -0.480 e. The molecule has 0 aliphatic carbocycles. The van der Waals surface area contributed by atoms with E-state index < -0.39 is 78.2 Å². The van der Waals surface area contributed by atoms with Gasteiger partial charge in [-0.15, -0.1) is 0 Å². The van der Waals surface area contributed by atoms with Gasteiger partial charge in [0, 0.05) is 7.11 Å². The summed E-state index contributed by atoms with van der Waals surface area (Å²) < 4.78 is 4.74. The number of carboxylic acids is 1. The van der Waals surface area contributed by atoms with Crippen molar-refractivity contribution in [2.45, 2.75) is 120 Å². The summed E-state index contributed by atoms with van der Waals surface area (Å²) in [5.74, 6) is -5.32.